The summed E-state index contributed by atoms with van der Waals surface area (Å²) in [6.07, 6.45) is 2.23. The highest BCUT2D eigenvalue weighted by molar-refractivity contribution is 5.94. The van der Waals surface area contributed by atoms with Gasteiger partial charge in [-0.05, 0) is 17.5 Å². The Kier molecular flexibility index (Phi) is 10.2. The van der Waals surface area contributed by atoms with Crippen LogP contribution in [0, 0.1) is 5.92 Å². The number of hydrogen-bond acceptors (Lipinski definition) is 7. The second-order valence-electron chi connectivity index (χ2n) is 8.36. The molecule has 192 valence electrons. The molecule has 3 amide bonds. The molecule has 12 nitrogen and oxygen atoms in total. The van der Waals surface area contributed by atoms with Gasteiger partial charge >= 0.3 is 5.97 Å². The molecule has 0 aliphatic heterocycles. The van der Waals surface area contributed by atoms with Gasteiger partial charge in [-0.3, -0.25) is 14.4 Å². The minimum Gasteiger partial charge on any atom is -0.480 e. The molecule has 1 aromatic carbocycles. The zero-order chi connectivity index (χ0) is 26.1. The molecule has 0 spiro atoms. The Morgan fingerprint density at radius 3 is 2.03 bits per heavy atom. The minimum absolute atomic E-state index is 0.0417. The first-order valence-corrected chi connectivity index (χ1v) is 11.3. The number of aliphatic hydroxyl groups excluding tert-OH is 2. The molecule has 5 unspecified atom stereocenters. The maximum atomic E-state index is 12.7. The fourth-order valence-electron chi connectivity index (χ4n) is 3.43. The number of benzene rings is 1. The van der Waals surface area contributed by atoms with Crippen LogP contribution in [0.2, 0.25) is 0 Å². The van der Waals surface area contributed by atoms with E-state index in [1.807, 2.05) is 25.1 Å². The van der Waals surface area contributed by atoms with Gasteiger partial charge < -0.3 is 42.0 Å². The van der Waals surface area contributed by atoms with E-state index in [0.717, 1.165) is 10.9 Å². The molecule has 1 heterocycles. The van der Waals surface area contributed by atoms with Gasteiger partial charge in [0.05, 0.1) is 19.3 Å². The van der Waals surface area contributed by atoms with Crippen molar-refractivity contribution in [2.75, 3.05) is 13.2 Å². The van der Waals surface area contributed by atoms with Gasteiger partial charge in [0.15, 0.2) is 0 Å². The van der Waals surface area contributed by atoms with Crippen molar-refractivity contribution < 1.29 is 34.5 Å². The molecule has 5 atom stereocenters. The Bertz CT molecular complexity index is 1040. The molecule has 0 bridgehead atoms. The normalized spacial score (nSPS) is 15.5. The number of aromatic nitrogens is 1. The zero-order valence-corrected chi connectivity index (χ0v) is 19.7. The Morgan fingerprint density at radius 1 is 0.943 bits per heavy atom. The third-order valence-electron chi connectivity index (χ3n) is 5.90. The van der Waals surface area contributed by atoms with Crippen LogP contribution in [0.5, 0.6) is 0 Å². The molecule has 35 heavy (non-hydrogen) atoms. The van der Waals surface area contributed by atoms with Gasteiger partial charge in [-0.25, -0.2) is 4.79 Å². The fraction of sp³-hybridized carbons (Fsp3) is 0.478. The number of rotatable bonds is 13. The number of fused-ring (bicyclic) bond motifs is 1. The van der Waals surface area contributed by atoms with Crippen molar-refractivity contribution in [2.45, 2.75) is 50.9 Å². The number of amides is 3. The molecule has 0 saturated heterocycles. The number of hydrogen-bond donors (Lipinski definition) is 8. The predicted octanol–water partition coefficient (Wildman–Crippen LogP) is -1.39. The van der Waals surface area contributed by atoms with E-state index in [1.165, 1.54) is 0 Å². The predicted molar refractivity (Wildman–Crippen MR) is 127 cm³/mol. The molecule has 1 aromatic heterocycles. The number of carbonyl (C=O) groups is 4. The van der Waals surface area contributed by atoms with Crippen molar-refractivity contribution in [1.82, 2.24) is 20.9 Å². The zero-order valence-electron chi connectivity index (χ0n) is 19.7. The summed E-state index contributed by atoms with van der Waals surface area (Å²) in [5.74, 6) is -3.99. The van der Waals surface area contributed by atoms with Crippen LogP contribution in [0.3, 0.4) is 0 Å². The van der Waals surface area contributed by atoms with Crippen LogP contribution >= 0.6 is 0 Å². The molecular weight excluding hydrogens is 458 g/mol. The lowest BCUT2D eigenvalue weighted by molar-refractivity contribution is -0.142. The van der Waals surface area contributed by atoms with Crippen LogP contribution in [-0.4, -0.2) is 81.4 Å². The van der Waals surface area contributed by atoms with Gasteiger partial charge in [0.2, 0.25) is 17.7 Å². The molecule has 2 rings (SSSR count). The average molecular weight is 492 g/mol. The highest BCUT2D eigenvalue weighted by Gasteiger charge is 2.30. The number of carboxylic acids is 1. The Balaban J connectivity index is 2.04. The van der Waals surface area contributed by atoms with Gasteiger partial charge in [-0.1, -0.05) is 38.5 Å². The SMILES string of the molecule is CCC(C)C(N)C(=O)NC(CO)C(=O)NC(CO)C(=O)NC(Cc1c[nH]c2ccccc12)C(=O)O. The van der Waals surface area contributed by atoms with Crippen molar-refractivity contribution in [3.63, 3.8) is 0 Å². The largest absolute Gasteiger partial charge is 0.480 e. The summed E-state index contributed by atoms with van der Waals surface area (Å²) in [5, 5.41) is 36.4. The van der Waals surface area contributed by atoms with E-state index < -0.39 is 61.1 Å². The number of aliphatic carboxylic acids is 1. The number of nitrogens with one attached hydrogen (secondary N) is 4. The van der Waals surface area contributed by atoms with Crippen LogP contribution in [0.15, 0.2) is 30.5 Å². The van der Waals surface area contributed by atoms with Crippen LogP contribution < -0.4 is 21.7 Å². The summed E-state index contributed by atoms with van der Waals surface area (Å²) in [7, 11) is 0. The van der Waals surface area contributed by atoms with Crippen molar-refractivity contribution in [3.05, 3.63) is 36.0 Å². The highest BCUT2D eigenvalue weighted by atomic mass is 16.4. The number of nitrogens with two attached hydrogens (primary N) is 1. The second kappa shape index (κ2) is 12.8. The van der Waals surface area contributed by atoms with Crippen molar-refractivity contribution in [1.29, 1.82) is 0 Å². The fourth-order valence-corrected chi connectivity index (χ4v) is 3.43. The summed E-state index contributed by atoms with van der Waals surface area (Å²) in [6.45, 7) is 2.00. The molecule has 12 heteroatoms. The number of carboxylic acid groups (broad SMARTS) is 1. The number of carbonyl (C=O) groups excluding carboxylic acids is 3. The summed E-state index contributed by atoms with van der Waals surface area (Å²) in [4.78, 5) is 52.2. The van der Waals surface area contributed by atoms with Gasteiger partial charge in [-0.15, -0.1) is 0 Å². The topological polar surface area (TPSA) is 207 Å². The van der Waals surface area contributed by atoms with E-state index in [9.17, 15) is 34.5 Å². The number of aliphatic hydroxyl groups is 2. The van der Waals surface area contributed by atoms with E-state index in [1.54, 1.807) is 19.2 Å². The summed E-state index contributed by atoms with van der Waals surface area (Å²) >= 11 is 0. The molecule has 0 radical (unpaired) electrons. The first-order chi connectivity index (χ1) is 16.6. The molecule has 9 N–H and O–H groups in total. The maximum Gasteiger partial charge on any atom is 0.326 e. The van der Waals surface area contributed by atoms with E-state index >= 15 is 0 Å². The summed E-state index contributed by atoms with van der Waals surface area (Å²) in [6, 6.07) is 2.10. The van der Waals surface area contributed by atoms with Crippen LogP contribution in [0.1, 0.15) is 25.8 Å². The van der Waals surface area contributed by atoms with Gasteiger partial charge in [-0.2, -0.15) is 0 Å². The lowest BCUT2D eigenvalue weighted by Gasteiger charge is -2.24. The van der Waals surface area contributed by atoms with E-state index in [2.05, 4.69) is 20.9 Å². The minimum atomic E-state index is -1.51. The Labute approximate surface area is 202 Å². The molecular formula is C23H33N5O7. The quantitative estimate of drug-likeness (QED) is 0.167. The summed E-state index contributed by atoms with van der Waals surface area (Å²) in [5.41, 5.74) is 7.31. The van der Waals surface area contributed by atoms with Crippen LogP contribution in [0.4, 0.5) is 0 Å². The lowest BCUT2D eigenvalue weighted by Crippen LogP contribution is -2.59. The molecule has 0 aliphatic rings. The standard InChI is InChI=1S/C23H33N5O7/c1-3-12(2)19(24)22(33)28-18(11-30)21(32)27-17(10-29)20(31)26-16(23(34)35)8-13-9-25-15-7-5-4-6-14(13)15/h4-7,9,12,16-19,25,29-30H,3,8,10-11,24H2,1-2H3,(H,26,31)(H,27,32)(H,28,33)(H,34,35). The molecule has 0 saturated carbocycles. The van der Waals surface area contributed by atoms with E-state index in [-0.39, 0.29) is 12.3 Å². The Morgan fingerprint density at radius 2 is 1.49 bits per heavy atom. The smallest absolute Gasteiger partial charge is 0.326 e. The number of H-pyrrole nitrogens is 1. The molecule has 2 aromatic rings. The first-order valence-electron chi connectivity index (χ1n) is 11.3. The van der Waals surface area contributed by atoms with Crippen molar-refractivity contribution in [2.24, 2.45) is 11.7 Å². The van der Waals surface area contributed by atoms with Gasteiger partial charge in [0.25, 0.3) is 0 Å². The van der Waals surface area contributed by atoms with Crippen LogP contribution in [-0.2, 0) is 25.6 Å². The third-order valence-corrected chi connectivity index (χ3v) is 5.90. The van der Waals surface area contributed by atoms with E-state index in [4.69, 9.17) is 5.73 Å². The molecule has 0 fully saturated rings. The monoisotopic (exact) mass is 491 g/mol. The van der Waals surface area contributed by atoms with Crippen molar-refractivity contribution in [3.8, 4) is 0 Å². The van der Waals surface area contributed by atoms with Crippen LogP contribution in [0.25, 0.3) is 10.9 Å². The third kappa shape index (κ3) is 7.25. The summed E-state index contributed by atoms with van der Waals surface area (Å²) < 4.78 is 0. The number of aromatic amines is 1. The molecule has 0 aliphatic carbocycles. The van der Waals surface area contributed by atoms with Gasteiger partial charge in [0.1, 0.15) is 18.1 Å². The number of para-hydroxylation sites is 1. The highest BCUT2D eigenvalue weighted by Crippen LogP contribution is 2.19. The van der Waals surface area contributed by atoms with Gasteiger partial charge in [0, 0.05) is 23.5 Å². The average Bonchev–Trinajstić information content (AvgIpc) is 3.26. The van der Waals surface area contributed by atoms with E-state index in [0.29, 0.717) is 12.0 Å². The first kappa shape index (κ1) is 27.8. The Hall–Kier alpha value is -3.48. The second-order valence-corrected chi connectivity index (χ2v) is 8.36. The van der Waals surface area contributed by atoms with Crippen molar-refractivity contribution >= 4 is 34.6 Å². The lowest BCUT2D eigenvalue weighted by atomic mass is 9.99. The maximum absolute atomic E-state index is 12.7.